The van der Waals surface area contributed by atoms with Crippen LogP contribution >= 0.6 is 23.2 Å². The van der Waals surface area contributed by atoms with E-state index in [0.717, 1.165) is 22.4 Å². The van der Waals surface area contributed by atoms with Crippen LogP contribution in [0.2, 0.25) is 10.0 Å². The van der Waals surface area contributed by atoms with Crippen molar-refractivity contribution in [2.75, 3.05) is 26.2 Å². The molecular formula is C27H29Cl2FN2O3. The molecule has 2 aromatic carbocycles. The number of benzene rings is 2. The molecule has 1 aromatic heterocycles. The molecule has 1 aliphatic rings. The number of hydrogen-bond acceptors (Lipinski definition) is 4. The zero-order valence-corrected chi connectivity index (χ0v) is 21.6. The first-order valence-electron chi connectivity index (χ1n) is 11.7. The summed E-state index contributed by atoms with van der Waals surface area (Å²) in [5.41, 5.74) is 2.85. The Labute approximate surface area is 215 Å². The van der Waals surface area contributed by atoms with Crippen molar-refractivity contribution >= 4 is 29.1 Å². The molecule has 1 saturated heterocycles. The van der Waals surface area contributed by atoms with E-state index in [4.69, 9.17) is 32.4 Å². The van der Waals surface area contributed by atoms with Crippen molar-refractivity contribution < 1.29 is 18.3 Å². The van der Waals surface area contributed by atoms with Crippen LogP contribution < -0.4 is 4.74 Å². The molecule has 0 unspecified atom stereocenters. The van der Waals surface area contributed by atoms with Gasteiger partial charge in [-0.05, 0) is 65.9 Å². The Bertz CT molecular complexity index is 1200. The van der Waals surface area contributed by atoms with E-state index in [1.807, 2.05) is 19.1 Å². The van der Waals surface area contributed by atoms with Crippen LogP contribution in [0.4, 0.5) is 4.39 Å². The smallest absolute Gasteiger partial charge is 0.289 e. The number of furan rings is 1. The zero-order chi connectivity index (χ0) is 25.1. The minimum atomic E-state index is -0.346. The average Bonchev–Trinajstić information content (AvgIpc) is 3.30. The Morgan fingerprint density at radius 3 is 2.49 bits per heavy atom. The van der Waals surface area contributed by atoms with E-state index in [1.165, 1.54) is 12.1 Å². The van der Waals surface area contributed by atoms with E-state index in [0.29, 0.717) is 54.3 Å². The largest absolute Gasteiger partial charge is 0.485 e. The summed E-state index contributed by atoms with van der Waals surface area (Å²) in [5, 5.41) is 1.14. The lowest BCUT2D eigenvalue weighted by Gasteiger charge is -2.34. The van der Waals surface area contributed by atoms with Gasteiger partial charge in [0.25, 0.3) is 5.91 Å². The SMILES string of the molecule is Cc1cc(OCc2ccc(C(=O)N3CCN(Cc4ccc(F)cc4Cl)CC3)o2)c(C(C)C)cc1Cl. The van der Waals surface area contributed by atoms with Crippen molar-refractivity contribution in [2.45, 2.75) is 39.8 Å². The number of amides is 1. The minimum absolute atomic E-state index is 0.138. The lowest BCUT2D eigenvalue weighted by atomic mass is 10.0. The first kappa shape index (κ1) is 25.5. The Kier molecular flexibility index (Phi) is 8.05. The summed E-state index contributed by atoms with van der Waals surface area (Å²) in [6, 6.07) is 11.8. The third kappa shape index (κ3) is 6.18. The number of rotatable bonds is 7. The maximum atomic E-state index is 13.3. The Hall–Kier alpha value is -2.54. The van der Waals surface area contributed by atoms with E-state index in [2.05, 4.69) is 18.7 Å². The highest BCUT2D eigenvalue weighted by molar-refractivity contribution is 6.31. The number of halogens is 3. The maximum absolute atomic E-state index is 13.3. The molecule has 186 valence electrons. The molecule has 0 N–H and O–H groups in total. The van der Waals surface area contributed by atoms with Gasteiger partial charge < -0.3 is 14.1 Å². The molecule has 1 fully saturated rings. The fraction of sp³-hybridized carbons (Fsp3) is 0.370. The first-order chi connectivity index (χ1) is 16.7. The van der Waals surface area contributed by atoms with E-state index in [1.54, 1.807) is 23.1 Å². The second-order valence-electron chi connectivity index (χ2n) is 9.15. The van der Waals surface area contributed by atoms with Gasteiger partial charge in [-0.15, -0.1) is 0 Å². The Morgan fingerprint density at radius 2 is 1.80 bits per heavy atom. The second-order valence-corrected chi connectivity index (χ2v) is 9.97. The standard InChI is InChI=1S/C27H29Cl2FN2O3/c1-17(2)22-14-23(28)18(3)12-26(22)34-16-21-6-7-25(35-21)27(33)32-10-8-31(9-11-32)15-19-4-5-20(30)13-24(19)29/h4-7,12-14,17H,8-11,15-16H2,1-3H3. The van der Waals surface area contributed by atoms with Crippen LogP contribution in [0, 0.1) is 12.7 Å². The Balaban J connectivity index is 1.32. The van der Waals surface area contributed by atoms with Crippen LogP contribution in [0.3, 0.4) is 0 Å². The number of piperazine rings is 1. The zero-order valence-electron chi connectivity index (χ0n) is 20.1. The molecular weight excluding hydrogens is 490 g/mol. The van der Waals surface area contributed by atoms with Crippen molar-refractivity contribution in [1.29, 1.82) is 0 Å². The summed E-state index contributed by atoms with van der Waals surface area (Å²) in [4.78, 5) is 16.9. The summed E-state index contributed by atoms with van der Waals surface area (Å²) in [7, 11) is 0. The third-order valence-corrected chi connectivity index (χ3v) is 6.98. The molecule has 4 rings (SSSR count). The van der Waals surface area contributed by atoms with E-state index in [-0.39, 0.29) is 24.2 Å². The first-order valence-corrected chi connectivity index (χ1v) is 12.4. The number of aryl methyl sites for hydroxylation is 1. The van der Waals surface area contributed by atoms with Gasteiger partial charge in [-0.3, -0.25) is 9.69 Å². The van der Waals surface area contributed by atoms with Gasteiger partial charge in [0.1, 0.15) is 23.9 Å². The van der Waals surface area contributed by atoms with Gasteiger partial charge in [0, 0.05) is 42.8 Å². The minimum Gasteiger partial charge on any atom is -0.485 e. The van der Waals surface area contributed by atoms with Gasteiger partial charge in [-0.25, -0.2) is 4.39 Å². The quantitative estimate of drug-likeness (QED) is 0.349. The van der Waals surface area contributed by atoms with Crippen LogP contribution in [0.5, 0.6) is 5.75 Å². The number of hydrogen-bond donors (Lipinski definition) is 0. The summed E-state index contributed by atoms with van der Waals surface area (Å²) < 4.78 is 25.1. The maximum Gasteiger partial charge on any atom is 0.289 e. The topological polar surface area (TPSA) is 45.9 Å². The summed E-state index contributed by atoms with van der Waals surface area (Å²) >= 11 is 12.4. The van der Waals surface area contributed by atoms with Crippen LogP contribution in [0.25, 0.3) is 0 Å². The van der Waals surface area contributed by atoms with E-state index < -0.39 is 0 Å². The molecule has 35 heavy (non-hydrogen) atoms. The number of carbonyl (C=O) groups excluding carboxylic acids is 1. The molecule has 1 aliphatic heterocycles. The van der Waals surface area contributed by atoms with Crippen molar-refractivity contribution in [1.82, 2.24) is 9.80 Å². The van der Waals surface area contributed by atoms with Gasteiger partial charge in [0.15, 0.2) is 5.76 Å². The van der Waals surface area contributed by atoms with Gasteiger partial charge in [0.05, 0.1) is 0 Å². The molecule has 0 atom stereocenters. The highest BCUT2D eigenvalue weighted by atomic mass is 35.5. The summed E-state index contributed by atoms with van der Waals surface area (Å²) in [6.07, 6.45) is 0. The van der Waals surface area contributed by atoms with Crippen molar-refractivity contribution in [3.63, 3.8) is 0 Å². The van der Waals surface area contributed by atoms with Gasteiger partial charge in [0.2, 0.25) is 0 Å². The molecule has 0 bridgehead atoms. The highest BCUT2D eigenvalue weighted by Crippen LogP contribution is 2.32. The summed E-state index contributed by atoms with van der Waals surface area (Å²) in [6.45, 7) is 9.51. The lowest BCUT2D eigenvalue weighted by molar-refractivity contribution is 0.0594. The molecule has 0 radical (unpaired) electrons. The molecule has 0 saturated carbocycles. The van der Waals surface area contributed by atoms with E-state index in [9.17, 15) is 9.18 Å². The fourth-order valence-electron chi connectivity index (χ4n) is 4.12. The molecule has 8 heteroatoms. The number of ether oxygens (including phenoxy) is 1. The van der Waals surface area contributed by atoms with Gasteiger partial charge in [-0.1, -0.05) is 43.1 Å². The van der Waals surface area contributed by atoms with E-state index >= 15 is 0 Å². The molecule has 1 amide bonds. The number of carbonyl (C=O) groups is 1. The molecule has 0 aliphatic carbocycles. The van der Waals surface area contributed by atoms with Gasteiger partial charge >= 0.3 is 0 Å². The predicted octanol–water partition coefficient (Wildman–Crippen LogP) is 6.69. The molecule has 0 spiro atoms. The fourth-order valence-corrected chi connectivity index (χ4v) is 4.52. The van der Waals surface area contributed by atoms with Gasteiger partial charge in [-0.2, -0.15) is 0 Å². The van der Waals surface area contributed by atoms with Crippen LogP contribution in [-0.2, 0) is 13.2 Å². The molecule has 5 nitrogen and oxygen atoms in total. The van der Waals surface area contributed by atoms with Crippen LogP contribution in [0.1, 0.15) is 52.8 Å². The van der Waals surface area contributed by atoms with Crippen molar-refractivity contribution in [2.24, 2.45) is 0 Å². The Morgan fingerprint density at radius 1 is 1.06 bits per heavy atom. The highest BCUT2D eigenvalue weighted by Gasteiger charge is 2.25. The summed E-state index contributed by atoms with van der Waals surface area (Å²) in [5.74, 6) is 1.43. The average molecular weight is 519 g/mol. The third-order valence-electron chi connectivity index (χ3n) is 6.22. The predicted molar refractivity (Wildman–Crippen MR) is 136 cm³/mol. The van der Waals surface area contributed by atoms with Crippen LogP contribution in [-0.4, -0.2) is 41.9 Å². The van der Waals surface area contributed by atoms with Crippen molar-refractivity contribution in [3.8, 4) is 5.75 Å². The second kappa shape index (κ2) is 11.0. The van der Waals surface area contributed by atoms with Crippen molar-refractivity contribution in [3.05, 3.63) is 86.5 Å². The molecule has 2 heterocycles. The van der Waals surface area contributed by atoms with Crippen LogP contribution in [0.15, 0.2) is 46.9 Å². The number of nitrogens with zero attached hydrogens (tertiary/aromatic N) is 2. The lowest BCUT2D eigenvalue weighted by Crippen LogP contribution is -2.48. The normalized spacial score (nSPS) is 14.5. The molecule has 3 aromatic rings. The monoisotopic (exact) mass is 518 g/mol.